The maximum absolute atomic E-state index is 12.5. The molecule has 2 fully saturated rings. The van der Waals surface area contributed by atoms with E-state index in [1.165, 1.54) is 16.7 Å². The van der Waals surface area contributed by atoms with Gasteiger partial charge in [0.2, 0.25) is 11.8 Å². The number of halogens is 1. The molecule has 0 bridgehead atoms. The van der Waals surface area contributed by atoms with E-state index >= 15 is 0 Å². The van der Waals surface area contributed by atoms with E-state index in [0.717, 1.165) is 30.6 Å². The number of nitrogen functional groups attached to an aromatic ring is 1. The number of nitrogens with two attached hydrogens (primary N) is 1. The zero-order valence-electron chi connectivity index (χ0n) is 11.5. The minimum Gasteiger partial charge on any atom is -0.398 e. The van der Waals surface area contributed by atoms with E-state index in [1.807, 2.05) is 6.07 Å². The molecule has 1 aromatic carbocycles. The van der Waals surface area contributed by atoms with Crippen LogP contribution in [0.25, 0.3) is 0 Å². The van der Waals surface area contributed by atoms with Crippen molar-refractivity contribution in [3.63, 3.8) is 0 Å². The Kier molecular flexibility index (Phi) is 4.13. The molecule has 1 saturated heterocycles. The zero-order chi connectivity index (χ0) is 15.0. The third kappa shape index (κ3) is 2.90. The van der Waals surface area contributed by atoms with Crippen LogP contribution in [0.2, 0.25) is 5.02 Å². The fourth-order valence-electron chi connectivity index (χ4n) is 3.01. The average molecular weight is 325 g/mol. The van der Waals surface area contributed by atoms with Crippen LogP contribution in [0.3, 0.4) is 0 Å². The van der Waals surface area contributed by atoms with Crippen molar-refractivity contribution in [1.82, 2.24) is 4.90 Å². The first-order valence-corrected chi connectivity index (χ1v) is 8.39. The Morgan fingerprint density at radius 1 is 1.24 bits per heavy atom. The van der Waals surface area contributed by atoms with Crippen LogP contribution in [0.4, 0.5) is 5.69 Å². The summed E-state index contributed by atoms with van der Waals surface area (Å²) in [5.74, 6) is -0.0872. The first kappa shape index (κ1) is 14.7. The number of hydrogen-bond acceptors (Lipinski definition) is 4. The highest BCUT2D eigenvalue weighted by atomic mass is 35.5. The van der Waals surface area contributed by atoms with Gasteiger partial charge in [-0.2, -0.15) is 0 Å². The SMILES string of the molecule is Nc1ccc(SC2CC(=O)N(C3CCCC3)C2=O)cc1Cl. The van der Waals surface area contributed by atoms with Gasteiger partial charge in [-0.1, -0.05) is 24.4 Å². The maximum atomic E-state index is 12.5. The molecule has 1 aliphatic carbocycles. The van der Waals surface area contributed by atoms with Gasteiger partial charge in [-0.05, 0) is 31.0 Å². The second-order valence-corrected chi connectivity index (χ2v) is 7.22. The van der Waals surface area contributed by atoms with Crippen LogP contribution in [0.1, 0.15) is 32.1 Å². The molecule has 1 saturated carbocycles. The van der Waals surface area contributed by atoms with Crippen molar-refractivity contribution < 1.29 is 9.59 Å². The molecule has 1 heterocycles. The fraction of sp³-hybridized carbons (Fsp3) is 0.467. The Morgan fingerprint density at radius 3 is 2.62 bits per heavy atom. The van der Waals surface area contributed by atoms with Gasteiger partial charge in [-0.15, -0.1) is 11.8 Å². The summed E-state index contributed by atoms with van der Waals surface area (Å²) < 4.78 is 0. The summed E-state index contributed by atoms with van der Waals surface area (Å²) in [4.78, 5) is 27.0. The number of hydrogen-bond donors (Lipinski definition) is 1. The molecule has 1 aliphatic heterocycles. The van der Waals surface area contributed by atoms with Gasteiger partial charge in [-0.3, -0.25) is 14.5 Å². The van der Waals surface area contributed by atoms with E-state index < -0.39 is 0 Å². The van der Waals surface area contributed by atoms with Crippen LogP contribution in [-0.2, 0) is 9.59 Å². The van der Waals surface area contributed by atoms with Crippen LogP contribution >= 0.6 is 23.4 Å². The van der Waals surface area contributed by atoms with E-state index in [4.69, 9.17) is 17.3 Å². The molecule has 0 radical (unpaired) electrons. The standard InChI is InChI=1S/C15H17ClN2O2S/c16-11-7-10(5-6-12(11)17)21-13-8-14(19)18(15(13)20)9-3-1-2-4-9/h5-7,9,13H,1-4,8,17H2. The molecule has 0 spiro atoms. The summed E-state index contributed by atoms with van der Waals surface area (Å²) in [6, 6.07) is 5.42. The van der Waals surface area contributed by atoms with Gasteiger partial charge in [0.1, 0.15) is 0 Å². The van der Waals surface area contributed by atoms with Crippen molar-refractivity contribution in [2.45, 2.75) is 48.3 Å². The highest BCUT2D eigenvalue weighted by molar-refractivity contribution is 8.00. The molecule has 6 heteroatoms. The van der Waals surface area contributed by atoms with Crippen molar-refractivity contribution >= 4 is 40.9 Å². The Hall–Kier alpha value is -1.20. The lowest BCUT2D eigenvalue weighted by Gasteiger charge is -2.22. The minimum atomic E-state index is -0.335. The number of nitrogens with zero attached hydrogens (tertiary/aromatic N) is 1. The smallest absolute Gasteiger partial charge is 0.243 e. The van der Waals surface area contributed by atoms with Gasteiger partial charge in [0, 0.05) is 17.4 Å². The number of carbonyl (C=O) groups excluding carboxylic acids is 2. The summed E-state index contributed by atoms with van der Waals surface area (Å²) in [6.07, 6.45) is 4.38. The number of imide groups is 1. The molecule has 1 aromatic rings. The largest absolute Gasteiger partial charge is 0.398 e. The van der Waals surface area contributed by atoms with E-state index in [0.29, 0.717) is 10.7 Å². The van der Waals surface area contributed by atoms with Gasteiger partial charge >= 0.3 is 0 Å². The van der Waals surface area contributed by atoms with Crippen molar-refractivity contribution in [2.24, 2.45) is 0 Å². The number of likely N-dealkylation sites (tertiary alicyclic amines) is 1. The molecule has 21 heavy (non-hydrogen) atoms. The van der Waals surface area contributed by atoms with Crippen LogP contribution in [-0.4, -0.2) is 28.0 Å². The second-order valence-electron chi connectivity index (χ2n) is 5.53. The molecule has 2 amide bonds. The zero-order valence-corrected chi connectivity index (χ0v) is 13.1. The van der Waals surface area contributed by atoms with E-state index in [2.05, 4.69) is 0 Å². The molecule has 3 rings (SSSR count). The molecule has 112 valence electrons. The number of thioether (sulfide) groups is 1. The highest BCUT2D eigenvalue weighted by Gasteiger charge is 2.43. The Morgan fingerprint density at radius 2 is 1.95 bits per heavy atom. The van der Waals surface area contributed by atoms with Crippen molar-refractivity contribution in [3.05, 3.63) is 23.2 Å². The Bertz CT molecular complexity index is 587. The molecule has 0 aromatic heterocycles. The summed E-state index contributed by atoms with van der Waals surface area (Å²) in [5, 5.41) is 0.141. The number of rotatable bonds is 3. The number of anilines is 1. The molecule has 2 N–H and O–H groups in total. The van der Waals surface area contributed by atoms with Crippen LogP contribution in [0, 0.1) is 0 Å². The number of benzene rings is 1. The van der Waals surface area contributed by atoms with Gasteiger partial charge < -0.3 is 5.73 Å². The van der Waals surface area contributed by atoms with Crippen molar-refractivity contribution in [1.29, 1.82) is 0 Å². The summed E-state index contributed by atoms with van der Waals surface area (Å²) in [7, 11) is 0. The first-order valence-electron chi connectivity index (χ1n) is 7.14. The molecular weight excluding hydrogens is 308 g/mol. The maximum Gasteiger partial charge on any atom is 0.243 e. The lowest BCUT2D eigenvalue weighted by Crippen LogP contribution is -2.39. The van der Waals surface area contributed by atoms with E-state index in [9.17, 15) is 9.59 Å². The molecule has 1 atom stereocenters. The summed E-state index contributed by atoms with van der Waals surface area (Å²) in [6.45, 7) is 0. The van der Waals surface area contributed by atoms with Crippen molar-refractivity contribution in [3.8, 4) is 0 Å². The third-order valence-corrected chi connectivity index (χ3v) is 5.59. The van der Waals surface area contributed by atoms with E-state index in [1.54, 1.807) is 12.1 Å². The first-order chi connectivity index (χ1) is 10.1. The third-order valence-electron chi connectivity index (χ3n) is 4.08. The minimum absolute atomic E-state index is 0.0362. The Balaban J connectivity index is 1.73. The Labute approximate surface area is 133 Å². The topological polar surface area (TPSA) is 63.4 Å². The van der Waals surface area contributed by atoms with Gasteiger partial charge in [0.15, 0.2) is 0 Å². The molecule has 4 nitrogen and oxygen atoms in total. The van der Waals surface area contributed by atoms with Gasteiger partial charge in [0.25, 0.3) is 0 Å². The number of amides is 2. The lowest BCUT2D eigenvalue weighted by atomic mass is 10.2. The monoisotopic (exact) mass is 324 g/mol. The van der Waals surface area contributed by atoms with Gasteiger partial charge in [0.05, 0.1) is 16.0 Å². The quantitative estimate of drug-likeness (QED) is 0.685. The number of carbonyl (C=O) groups is 2. The molecule has 1 unspecified atom stereocenters. The van der Waals surface area contributed by atoms with Crippen LogP contribution in [0.5, 0.6) is 0 Å². The summed E-state index contributed by atoms with van der Waals surface area (Å²) in [5.41, 5.74) is 6.20. The predicted molar refractivity (Wildman–Crippen MR) is 84.2 cm³/mol. The lowest BCUT2D eigenvalue weighted by molar-refractivity contribution is -0.140. The second kappa shape index (κ2) is 5.89. The highest BCUT2D eigenvalue weighted by Crippen LogP contribution is 2.36. The van der Waals surface area contributed by atoms with Crippen LogP contribution in [0.15, 0.2) is 23.1 Å². The molecular formula is C15H17ClN2O2S. The van der Waals surface area contributed by atoms with Gasteiger partial charge in [-0.25, -0.2) is 0 Å². The molecule has 2 aliphatic rings. The summed E-state index contributed by atoms with van der Waals surface area (Å²) >= 11 is 7.39. The van der Waals surface area contributed by atoms with Crippen LogP contribution < -0.4 is 5.73 Å². The van der Waals surface area contributed by atoms with Crippen molar-refractivity contribution in [2.75, 3.05) is 5.73 Å². The fourth-order valence-corrected chi connectivity index (χ4v) is 4.35. The normalized spacial score (nSPS) is 23.3. The average Bonchev–Trinajstić information content (AvgIpc) is 3.04. The van der Waals surface area contributed by atoms with E-state index in [-0.39, 0.29) is 29.5 Å². The predicted octanol–water partition coefficient (Wildman–Crippen LogP) is 3.08.